The number of rotatable bonds is 8. The van der Waals surface area contributed by atoms with Gasteiger partial charge in [-0.3, -0.25) is 0 Å². The molecule has 0 radical (unpaired) electrons. The molecule has 0 aliphatic heterocycles. The Morgan fingerprint density at radius 3 is 2.21 bits per heavy atom. The lowest BCUT2D eigenvalue weighted by molar-refractivity contribution is 0.415. The van der Waals surface area contributed by atoms with Crippen molar-refractivity contribution < 1.29 is 4.74 Å². The second-order valence-electron chi connectivity index (χ2n) is 6.30. The molecule has 0 heterocycles. The van der Waals surface area contributed by atoms with E-state index in [2.05, 4.69) is 68.0 Å². The predicted molar refractivity (Wildman–Crippen MR) is 107 cm³/mol. The topological polar surface area (TPSA) is 33.3 Å². The van der Waals surface area contributed by atoms with Gasteiger partial charge in [-0.2, -0.15) is 0 Å². The minimum atomic E-state index is 0.346. The van der Waals surface area contributed by atoms with Crippen LogP contribution in [0.1, 0.15) is 26.3 Å². The van der Waals surface area contributed by atoms with E-state index < -0.39 is 0 Å². The number of benzene rings is 2. The number of ether oxygens (including phenoxy) is 1. The molecule has 2 rings (SSSR count). The van der Waals surface area contributed by atoms with Crippen molar-refractivity contribution in [3.8, 4) is 5.75 Å². The first-order valence-electron chi connectivity index (χ1n) is 8.36. The van der Waals surface area contributed by atoms with Crippen LogP contribution in [0.15, 0.2) is 47.4 Å². The summed E-state index contributed by atoms with van der Waals surface area (Å²) in [5.41, 5.74) is 3.68. The third-order valence-electron chi connectivity index (χ3n) is 3.76. The molecule has 4 heteroatoms. The van der Waals surface area contributed by atoms with Gasteiger partial charge < -0.3 is 15.4 Å². The maximum atomic E-state index is 5.21. The van der Waals surface area contributed by atoms with Crippen molar-refractivity contribution >= 4 is 23.1 Å². The van der Waals surface area contributed by atoms with Crippen LogP contribution in [0.3, 0.4) is 0 Å². The Hall–Kier alpha value is -1.81. The first-order valence-corrected chi connectivity index (χ1v) is 9.58. The molecule has 0 saturated heterocycles. The average Bonchev–Trinajstić information content (AvgIpc) is 2.55. The Morgan fingerprint density at radius 1 is 0.958 bits per heavy atom. The van der Waals surface area contributed by atoms with Crippen LogP contribution in [-0.2, 0) is 6.42 Å². The molecule has 0 amide bonds. The van der Waals surface area contributed by atoms with Gasteiger partial charge in [-0.25, -0.2) is 0 Å². The van der Waals surface area contributed by atoms with Crippen molar-refractivity contribution in [3.63, 3.8) is 0 Å². The highest BCUT2D eigenvalue weighted by Gasteiger charge is 2.09. The molecular weight excluding hydrogens is 316 g/mol. The Balaban J connectivity index is 2.07. The largest absolute Gasteiger partial charge is 0.497 e. The van der Waals surface area contributed by atoms with Gasteiger partial charge in [0, 0.05) is 28.4 Å². The Bertz CT molecular complexity index is 641. The lowest BCUT2D eigenvalue weighted by Crippen LogP contribution is -2.18. The van der Waals surface area contributed by atoms with E-state index in [1.165, 1.54) is 16.1 Å². The van der Waals surface area contributed by atoms with Crippen LogP contribution in [0.4, 0.5) is 11.4 Å². The molecule has 0 aromatic heterocycles. The third-order valence-corrected chi connectivity index (χ3v) is 4.60. The van der Waals surface area contributed by atoms with Crippen molar-refractivity contribution in [2.24, 2.45) is 0 Å². The molecule has 0 bridgehead atoms. The zero-order chi connectivity index (χ0) is 17.5. The van der Waals surface area contributed by atoms with E-state index in [4.69, 9.17) is 4.74 Å². The molecule has 0 spiro atoms. The SMILES string of the molecule is COc1ccc(NC(C)Cc2cc(NC(C)C)ccc2SC)cc1. The Kier molecular flexibility index (Phi) is 6.85. The highest BCUT2D eigenvalue weighted by atomic mass is 32.2. The normalized spacial score (nSPS) is 12.1. The summed E-state index contributed by atoms with van der Waals surface area (Å²) >= 11 is 1.80. The predicted octanol–water partition coefficient (Wildman–Crippen LogP) is 5.28. The van der Waals surface area contributed by atoms with E-state index in [0.29, 0.717) is 12.1 Å². The summed E-state index contributed by atoms with van der Waals surface area (Å²) < 4.78 is 5.21. The lowest BCUT2D eigenvalue weighted by atomic mass is 10.1. The maximum absolute atomic E-state index is 5.21. The van der Waals surface area contributed by atoms with Gasteiger partial charge in [0.1, 0.15) is 5.75 Å². The summed E-state index contributed by atoms with van der Waals surface area (Å²) in [6.07, 6.45) is 3.12. The fraction of sp³-hybridized carbons (Fsp3) is 0.400. The van der Waals surface area contributed by atoms with Crippen molar-refractivity contribution in [1.82, 2.24) is 0 Å². The summed E-state index contributed by atoms with van der Waals surface area (Å²) in [6.45, 7) is 6.54. The number of hydrogen-bond donors (Lipinski definition) is 2. The van der Waals surface area contributed by atoms with E-state index in [0.717, 1.165) is 17.9 Å². The van der Waals surface area contributed by atoms with Crippen LogP contribution in [0.25, 0.3) is 0 Å². The number of thioether (sulfide) groups is 1. The minimum Gasteiger partial charge on any atom is -0.497 e. The van der Waals surface area contributed by atoms with Crippen LogP contribution >= 0.6 is 11.8 Å². The molecule has 2 aromatic carbocycles. The monoisotopic (exact) mass is 344 g/mol. The van der Waals surface area contributed by atoms with Crippen molar-refractivity contribution in [3.05, 3.63) is 48.0 Å². The summed E-state index contributed by atoms with van der Waals surface area (Å²) in [4.78, 5) is 1.34. The molecule has 1 unspecified atom stereocenters. The summed E-state index contributed by atoms with van der Waals surface area (Å²) in [5.74, 6) is 0.880. The summed E-state index contributed by atoms with van der Waals surface area (Å²) in [5, 5.41) is 7.06. The van der Waals surface area contributed by atoms with Crippen LogP contribution < -0.4 is 15.4 Å². The van der Waals surface area contributed by atoms with Crippen molar-refractivity contribution in [2.45, 2.75) is 44.2 Å². The van der Waals surface area contributed by atoms with Gasteiger partial charge >= 0.3 is 0 Å². The Morgan fingerprint density at radius 2 is 1.62 bits per heavy atom. The van der Waals surface area contributed by atoms with Crippen LogP contribution in [-0.4, -0.2) is 25.4 Å². The van der Waals surface area contributed by atoms with Crippen molar-refractivity contribution in [2.75, 3.05) is 24.0 Å². The van der Waals surface area contributed by atoms with Crippen LogP contribution in [0, 0.1) is 0 Å². The van der Waals surface area contributed by atoms with Gasteiger partial charge in [-0.05, 0) is 81.5 Å². The standard InChI is InChI=1S/C20H28N2OS/c1-14(2)21-18-8-11-20(24-5)16(13-18)12-15(3)22-17-6-9-19(23-4)10-7-17/h6-11,13-15,21-22H,12H2,1-5H3. The van der Waals surface area contributed by atoms with Gasteiger partial charge in [-0.15, -0.1) is 11.8 Å². The minimum absolute atomic E-state index is 0.346. The molecule has 0 aliphatic carbocycles. The molecule has 0 fully saturated rings. The van der Waals surface area contributed by atoms with Crippen LogP contribution in [0.5, 0.6) is 5.75 Å². The smallest absolute Gasteiger partial charge is 0.119 e. The molecule has 0 saturated carbocycles. The number of methoxy groups -OCH3 is 1. The highest BCUT2D eigenvalue weighted by molar-refractivity contribution is 7.98. The molecule has 24 heavy (non-hydrogen) atoms. The summed E-state index contributed by atoms with van der Waals surface area (Å²) in [6, 6.07) is 15.5. The highest BCUT2D eigenvalue weighted by Crippen LogP contribution is 2.26. The second-order valence-corrected chi connectivity index (χ2v) is 7.15. The van der Waals surface area contributed by atoms with Gasteiger partial charge in [0.2, 0.25) is 0 Å². The molecule has 3 nitrogen and oxygen atoms in total. The molecule has 2 aromatic rings. The van der Waals surface area contributed by atoms with E-state index in [-0.39, 0.29) is 0 Å². The fourth-order valence-electron chi connectivity index (χ4n) is 2.71. The van der Waals surface area contributed by atoms with E-state index in [1.54, 1.807) is 18.9 Å². The first kappa shape index (κ1) is 18.5. The quantitative estimate of drug-likeness (QED) is 0.638. The van der Waals surface area contributed by atoms with Crippen molar-refractivity contribution in [1.29, 1.82) is 0 Å². The fourth-order valence-corrected chi connectivity index (χ4v) is 3.32. The zero-order valence-electron chi connectivity index (χ0n) is 15.2. The lowest BCUT2D eigenvalue weighted by Gasteiger charge is -2.19. The van der Waals surface area contributed by atoms with Gasteiger partial charge in [0.15, 0.2) is 0 Å². The molecular formula is C20H28N2OS. The number of hydrogen-bond acceptors (Lipinski definition) is 4. The summed E-state index contributed by atoms with van der Waals surface area (Å²) in [7, 11) is 1.69. The number of anilines is 2. The average molecular weight is 345 g/mol. The third kappa shape index (κ3) is 5.38. The first-order chi connectivity index (χ1) is 11.5. The molecule has 2 N–H and O–H groups in total. The molecule has 130 valence electrons. The van der Waals surface area contributed by atoms with Gasteiger partial charge in [0.25, 0.3) is 0 Å². The maximum Gasteiger partial charge on any atom is 0.119 e. The molecule has 1 atom stereocenters. The van der Waals surface area contributed by atoms with E-state index >= 15 is 0 Å². The zero-order valence-corrected chi connectivity index (χ0v) is 16.0. The van der Waals surface area contributed by atoms with Crippen LogP contribution in [0.2, 0.25) is 0 Å². The van der Waals surface area contributed by atoms with E-state index in [9.17, 15) is 0 Å². The Labute approximate surface area is 150 Å². The number of nitrogens with one attached hydrogen (secondary N) is 2. The van der Waals surface area contributed by atoms with Gasteiger partial charge in [-0.1, -0.05) is 0 Å². The van der Waals surface area contributed by atoms with Gasteiger partial charge in [0.05, 0.1) is 7.11 Å². The molecule has 0 aliphatic rings. The second kappa shape index (κ2) is 8.88. The van der Waals surface area contributed by atoms with E-state index in [1.807, 2.05) is 12.1 Å².